The zero-order chi connectivity index (χ0) is 13.9. The maximum atomic E-state index is 11.0. The van der Waals surface area contributed by atoms with Gasteiger partial charge in [-0.05, 0) is 19.1 Å². The van der Waals surface area contributed by atoms with Gasteiger partial charge < -0.3 is 9.88 Å². The number of benzene rings is 1. The van der Waals surface area contributed by atoms with Crippen LogP contribution >= 0.6 is 0 Å². The number of para-hydroxylation sites is 2. The largest absolute Gasteiger partial charge is 0.327 e. The van der Waals surface area contributed by atoms with Gasteiger partial charge in [0.15, 0.2) is 0 Å². The minimum Gasteiger partial charge on any atom is -0.327 e. The lowest BCUT2D eigenvalue weighted by molar-refractivity contribution is 0.586. The molecule has 0 saturated carbocycles. The Morgan fingerprint density at radius 3 is 2.74 bits per heavy atom. The second kappa shape index (κ2) is 5.71. The molecule has 19 heavy (non-hydrogen) atoms. The second-order valence-electron chi connectivity index (χ2n) is 4.68. The molecule has 0 unspecified atom stereocenters. The highest BCUT2D eigenvalue weighted by Gasteiger charge is 2.06. The summed E-state index contributed by atoms with van der Waals surface area (Å²) in [6.45, 7) is 3.99. The molecule has 104 valence electrons. The molecule has 0 bridgehead atoms. The standard InChI is InChI=1S/C13H19N3O2S/c1-11-15-12-5-3-4-6-13(12)16(11)9-7-14-8-10-19(2,17)18/h3-6,14H,7-10H2,1-2H3. The fourth-order valence-electron chi connectivity index (χ4n) is 2.05. The number of aryl methyl sites for hydroxylation is 1. The molecule has 2 aromatic rings. The lowest BCUT2D eigenvalue weighted by atomic mass is 10.3. The number of nitrogens with one attached hydrogen (secondary N) is 1. The van der Waals surface area contributed by atoms with Crippen LogP contribution in [0, 0.1) is 6.92 Å². The van der Waals surface area contributed by atoms with Gasteiger partial charge >= 0.3 is 0 Å². The van der Waals surface area contributed by atoms with Crippen molar-refractivity contribution in [1.29, 1.82) is 0 Å². The first-order valence-electron chi connectivity index (χ1n) is 6.28. The van der Waals surface area contributed by atoms with E-state index in [1.54, 1.807) is 0 Å². The van der Waals surface area contributed by atoms with Crippen LogP contribution in [0.5, 0.6) is 0 Å². The van der Waals surface area contributed by atoms with Crippen LogP contribution in [0.2, 0.25) is 0 Å². The first-order valence-corrected chi connectivity index (χ1v) is 8.34. The van der Waals surface area contributed by atoms with Crippen molar-refractivity contribution >= 4 is 20.9 Å². The molecule has 0 aliphatic rings. The third-order valence-electron chi connectivity index (χ3n) is 3.01. The summed E-state index contributed by atoms with van der Waals surface area (Å²) in [6.07, 6.45) is 1.25. The molecule has 0 amide bonds. The summed E-state index contributed by atoms with van der Waals surface area (Å²) in [6, 6.07) is 8.02. The Bertz CT molecular complexity index is 662. The van der Waals surface area contributed by atoms with Crippen LogP contribution in [-0.4, -0.2) is 43.1 Å². The predicted molar refractivity (Wildman–Crippen MR) is 77.1 cm³/mol. The summed E-state index contributed by atoms with van der Waals surface area (Å²) in [5.74, 6) is 1.16. The minimum absolute atomic E-state index is 0.177. The van der Waals surface area contributed by atoms with Crippen molar-refractivity contribution in [3.05, 3.63) is 30.1 Å². The Morgan fingerprint density at radius 1 is 1.26 bits per heavy atom. The van der Waals surface area contributed by atoms with Crippen LogP contribution < -0.4 is 5.32 Å². The van der Waals surface area contributed by atoms with Crippen molar-refractivity contribution in [2.24, 2.45) is 0 Å². The van der Waals surface area contributed by atoms with Crippen LogP contribution in [0.3, 0.4) is 0 Å². The lowest BCUT2D eigenvalue weighted by Gasteiger charge is -2.08. The summed E-state index contributed by atoms with van der Waals surface area (Å²) >= 11 is 0. The highest BCUT2D eigenvalue weighted by Crippen LogP contribution is 2.14. The third-order valence-corrected chi connectivity index (χ3v) is 3.95. The van der Waals surface area contributed by atoms with Crippen molar-refractivity contribution in [2.75, 3.05) is 25.1 Å². The van der Waals surface area contributed by atoms with E-state index in [1.165, 1.54) is 6.26 Å². The van der Waals surface area contributed by atoms with Crippen LogP contribution in [0.4, 0.5) is 0 Å². The molecule has 1 aromatic carbocycles. The molecule has 0 fully saturated rings. The second-order valence-corrected chi connectivity index (χ2v) is 6.94. The number of fused-ring (bicyclic) bond motifs is 1. The van der Waals surface area contributed by atoms with Gasteiger partial charge in [0.1, 0.15) is 15.7 Å². The van der Waals surface area contributed by atoms with Gasteiger partial charge in [-0.2, -0.15) is 0 Å². The smallest absolute Gasteiger partial charge is 0.148 e. The molecule has 6 heteroatoms. The van der Waals surface area contributed by atoms with E-state index in [4.69, 9.17) is 0 Å². The molecule has 2 rings (SSSR count). The number of aromatic nitrogens is 2. The first-order chi connectivity index (χ1) is 8.97. The molecule has 1 N–H and O–H groups in total. The first kappa shape index (κ1) is 14.0. The van der Waals surface area contributed by atoms with E-state index >= 15 is 0 Å². The lowest BCUT2D eigenvalue weighted by Crippen LogP contribution is -2.26. The van der Waals surface area contributed by atoms with Crippen LogP contribution in [0.1, 0.15) is 5.82 Å². The molecular weight excluding hydrogens is 262 g/mol. The zero-order valence-corrected chi connectivity index (χ0v) is 12.1. The number of sulfone groups is 1. The maximum absolute atomic E-state index is 11.0. The molecule has 5 nitrogen and oxygen atoms in total. The number of imidazole rings is 1. The van der Waals surface area contributed by atoms with E-state index < -0.39 is 9.84 Å². The van der Waals surface area contributed by atoms with Gasteiger partial charge in [-0.15, -0.1) is 0 Å². The average Bonchev–Trinajstić information content (AvgIpc) is 2.64. The minimum atomic E-state index is -2.88. The van der Waals surface area contributed by atoms with Gasteiger partial charge in [0.05, 0.1) is 16.8 Å². The van der Waals surface area contributed by atoms with Gasteiger partial charge in [0.2, 0.25) is 0 Å². The van der Waals surface area contributed by atoms with E-state index in [2.05, 4.69) is 14.9 Å². The van der Waals surface area contributed by atoms with E-state index in [0.717, 1.165) is 29.9 Å². The third kappa shape index (κ3) is 3.78. The van der Waals surface area contributed by atoms with Crippen molar-refractivity contribution in [3.63, 3.8) is 0 Å². The quantitative estimate of drug-likeness (QED) is 0.802. The number of hydrogen-bond donors (Lipinski definition) is 1. The van der Waals surface area contributed by atoms with E-state index in [-0.39, 0.29) is 5.75 Å². The maximum Gasteiger partial charge on any atom is 0.148 e. The van der Waals surface area contributed by atoms with Gasteiger partial charge in [0.25, 0.3) is 0 Å². The molecule has 1 aromatic heterocycles. The Kier molecular flexibility index (Phi) is 4.21. The fourth-order valence-corrected chi connectivity index (χ4v) is 2.57. The van der Waals surface area contributed by atoms with Gasteiger partial charge in [-0.3, -0.25) is 0 Å². The van der Waals surface area contributed by atoms with Crippen LogP contribution in [-0.2, 0) is 16.4 Å². The topological polar surface area (TPSA) is 64.0 Å². The Balaban J connectivity index is 1.93. The number of nitrogens with zero attached hydrogens (tertiary/aromatic N) is 2. The predicted octanol–water partition coefficient (Wildman–Crippen LogP) is 0.979. The Morgan fingerprint density at radius 2 is 2.00 bits per heavy atom. The van der Waals surface area contributed by atoms with Crippen LogP contribution in [0.25, 0.3) is 11.0 Å². The average molecular weight is 281 g/mol. The number of hydrogen-bond acceptors (Lipinski definition) is 4. The molecule has 0 aliphatic carbocycles. The molecule has 0 atom stereocenters. The Hall–Kier alpha value is -1.40. The zero-order valence-electron chi connectivity index (χ0n) is 11.3. The molecular formula is C13H19N3O2S. The van der Waals surface area contributed by atoms with Crippen molar-refractivity contribution in [1.82, 2.24) is 14.9 Å². The monoisotopic (exact) mass is 281 g/mol. The van der Waals surface area contributed by atoms with E-state index in [0.29, 0.717) is 6.54 Å². The van der Waals surface area contributed by atoms with Crippen molar-refractivity contribution in [2.45, 2.75) is 13.5 Å². The van der Waals surface area contributed by atoms with Gasteiger partial charge in [0, 0.05) is 25.9 Å². The molecule has 0 spiro atoms. The summed E-state index contributed by atoms with van der Waals surface area (Å²) in [5, 5.41) is 3.14. The van der Waals surface area contributed by atoms with Crippen molar-refractivity contribution in [3.8, 4) is 0 Å². The summed E-state index contributed by atoms with van der Waals surface area (Å²) in [7, 11) is -2.88. The highest BCUT2D eigenvalue weighted by molar-refractivity contribution is 7.90. The molecule has 1 heterocycles. The van der Waals surface area contributed by atoms with E-state index in [1.807, 2.05) is 31.2 Å². The van der Waals surface area contributed by atoms with E-state index in [9.17, 15) is 8.42 Å². The van der Waals surface area contributed by atoms with Crippen LogP contribution in [0.15, 0.2) is 24.3 Å². The SMILES string of the molecule is Cc1nc2ccccc2n1CCNCCS(C)(=O)=O. The molecule has 0 aliphatic heterocycles. The normalized spacial score (nSPS) is 12.1. The van der Waals surface area contributed by atoms with Crippen molar-refractivity contribution < 1.29 is 8.42 Å². The highest BCUT2D eigenvalue weighted by atomic mass is 32.2. The fraction of sp³-hybridized carbons (Fsp3) is 0.462. The molecule has 0 radical (unpaired) electrons. The van der Waals surface area contributed by atoms with Gasteiger partial charge in [-0.25, -0.2) is 13.4 Å². The molecule has 0 saturated heterocycles. The number of rotatable bonds is 6. The Labute approximate surface area is 113 Å². The summed E-state index contributed by atoms with van der Waals surface area (Å²) in [4.78, 5) is 4.49. The summed E-state index contributed by atoms with van der Waals surface area (Å²) < 4.78 is 24.1. The van der Waals surface area contributed by atoms with Gasteiger partial charge in [-0.1, -0.05) is 12.1 Å². The summed E-state index contributed by atoms with van der Waals surface area (Å²) in [5.41, 5.74) is 2.11.